The third kappa shape index (κ3) is 6.01. The van der Waals surface area contributed by atoms with E-state index in [4.69, 9.17) is 9.47 Å². The van der Waals surface area contributed by atoms with Crippen LogP contribution in [0.2, 0.25) is 0 Å². The molecule has 6 heteroatoms. The molecule has 0 aromatic carbocycles. The molecule has 0 amide bonds. The number of carbonyl (C=O) groups is 1. The van der Waals surface area contributed by atoms with Gasteiger partial charge in [0.25, 0.3) is 6.23 Å². The third-order valence-electron chi connectivity index (χ3n) is 6.87. The number of nitroso groups, excluding NO2 is 1. The highest BCUT2D eigenvalue weighted by Gasteiger charge is 2.36. The Balaban J connectivity index is 1.53. The second kappa shape index (κ2) is 11.0. The van der Waals surface area contributed by atoms with Crippen LogP contribution in [-0.2, 0) is 14.3 Å². The van der Waals surface area contributed by atoms with Gasteiger partial charge >= 0.3 is 5.97 Å². The van der Waals surface area contributed by atoms with Gasteiger partial charge in [0, 0.05) is 11.6 Å². The first-order valence-electron chi connectivity index (χ1n) is 11.5. The average molecular weight is 430 g/mol. The second-order valence-electron chi connectivity index (χ2n) is 9.09. The highest BCUT2D eigenvalue weighted by atomic mass is 16.6. The summed E-state index contributed by atoms with van der Waals surface area (Å²) >= 11 is 0. The fraction of sp³-hybridized carbons (Fsp3) is 0.640. The maximum atomic E-state index is 11.4. The van der Waals surface area contributed by atoms with Crippen LogP contribution in [0, 0.1) is 22.7 Å². The van der Waals surface area contributed by atoms with Crippen molar-refractivity contribution in [3.63, 3.8) is 0 Å². The quantitative estimate of drug-likeness (QED) is 0.304. The fourth-order valence-corrected chi connectivity index (χ4v) is 5.21. The number of carbonyl (C=O) groups excluding carboxylic acids is 1. The lowest BCUT2D eigenvalue weighted by atomic mass is 9.80. The first-order valence-corrected chi connectivity index (χ1v) is 11.5. The summed E-state index contributed by atoms with van der Waals surface area (Å²) in [7, 11) is 0. The van der Waals surface area contributed by atoms with Gasteiger partial charge in [0.05, 0.1) is 6.10 Å². The summed E-state index contributed by atoms with van der Waals surface area (Å²) in [6, 6.07) is 0. The Morgan fingerprint density at radius 3 is 2.84 bits per heavy atom. The number of hydrogen-bond donors (Lipinski definition) is 1. The zero-order chi connectivity index (χ0) is 22.4. The topological polar surface area (TPSA) is 85.2 Å². The molecule has 6 atom stereocenters. The molecule has 5 unspecified atom stereocenters. The van der Waals surface area contributed by atoms with Crippen LogP contribution in [0.15, 0.2) is 52.3 Å². The van der Waals surface area contributed by atoms with Crippen molar-refractivity contribution in [1.82, 2.24) is 0 Å². The van der Waals surface area contributed by atoms with Crippen LogP contribution in [0.25, 0.3) is 0 Å². The standard InChI is InChI=1S/C25H35NO5/c1-4-7-19(20-11-6-9-17(20)3)14-16(2)8-5-10-18-12-13-22(30-25(18)28)21-15-23(27)31-24(21)26-29/h4,7-8,12,15,17,19-20,22,24-25,28H,5-6,9-11,13-14H2,1-3H3/b7-4+,16-8+/t17-,19?,20?,22?,24?,25?/m1/s1. The molecule has 170 valence electrons. The van der Waals surface area contributed by atoms with Gasteiger partial charge in [0.1, 0.15) is 0 Å². The number of nitrogens with zero attached hydrogens (tertiary/aromatic N) is 1. The molecule has 0 spiro atoms. The van der Waals surface area contributed by atoms with E-state index in [1.807, 2.05) is 6.08 Å². The molecule has 1 N–H and O–H groups in total. The summed E-state index contributed by atoms with van der Waals surface area (Å²) in [6.07, 6.45) is 14.4. The molecule has 2 aliphatic heterocycles. The number of allylic oxidation sites excluding steroid dienone is 4. The monoisotopic (exact) mass is 429 g/mol. The van der Waals surface area contributed by atoms with Gasteiger partial charge in [0.15, 0.2) is 6.29 Å². The number of hydrogen-bond acceptors (Lipinski definition) is 6. The van der Waals surface area contributed by atoms with Crippen molar-refractivity contribution in [2.75, 3.05) is 0 Å². The summed E-state index contributed by atoms with van der Waals surface area (Å²) < 4.78 is 10.5. The lowest BCUT2D eigenvalue weighted by Crippen LogP contribution is -2.31. The smallest absolute Gasteiger partial charge is 0.333 e. The summed E-state index contributed by atoms with van der Waals surface area (Å²) in [6.45, 7) is 6.69. The molecule has 0 aromatic heterocycles. The van der Waals surface area contributed by atoms with Gasteiger partial charge in [-0.25, -0.2) is 4.79 Å². The Labute approximate surface area is 185 Å². The van der Waals surface area contributed by atoms with Gasteiger partial charge in [-0.15, -0.1) is 4.91 Å². The molecule has 3 rings (SSSR count). The van der Waals surface area contributed by atoms with Crippen molar-refractivity contribution in [1.29, 1.82) is 0 Å². The van der Waals surface area contributed by atoms with E-state index < -0.39 is 24.6 Å². The molecule has 31 heavy (non-hydrogen) atoms. The molecule has 0 radical (unpaired) electrons. The highest BCUT2D eigenvalue weighted by molar-refractivity contribution is 5.86. The van der Waals surface area contributed by atoms with Crippen LogP contribution in [0.3, 0.4) is 0 Å². The minimum Gasteiger partial charge on any atom is -0.429 e. The summed E-state index contributed by atoms with van der Waals surface area (Å²) in [5.41, 5.74) is 2.59. The number of aliphatic hydroxyl groups excluding tert-OH is 1. The molecular weight excluding hydrogens is 394 g/mol. The summed E-state index contributed by atoms with van der Waals surface area (Å²) in [5, 5.41) is 13.2. The normalized spacial score (nSPS) is 32.7. The predicted octanol–water partition coefficient (Wildman–Crippen LogP) is 5.34. The molecule has 1 fully saturated rings. The van der Waals surface area contributed by atoms with Crippen LogP contribution in [0.4, 0.5) is 0 Å². The zero-order valence-corrected chi connectivity index (χ0v) is 18.8. The van der Waals surface area contributed by atoms with Gasteiger partial charge < -0.3 is 14.6 Å². The average Bonchev–Trinajstić information content (AvgIpc) is 3.34. The number of ether oxygens (including phenoxy) is 2. The van der Waals surface area contributed by atoms with Crippen LogP contribution in [0.1, 0.15) is 65.7 Å². The second-order valence-corrected chi connectivity index (χ2v) is 9.09. The number of aliphatic hydroxyl groups is 1. The molecule has 0 saturated heterocycles. The molecule has 2 heterocycles. The molecule has 1 saturated carbocycles. The van der Waals surface area contributed by atoms with E-state index in [1.165, 1.54) is 30.9 Å². The van der Waals surface area contributed by atoms with Crippen molar-refractivity contribution in [2.45, 2.75) is 84.3 Å². The van der Waals surface area contributed by atoms with Crippen molar-refractivity contribution in [2.24, 2.45) is 22.9 Å². The SMILES string of the molecule is C/C=C/C(C/C(C)=C/CCC1=CCC(C2=CC(=O)OC2N=O)OC1O)C1CCC[C@H]1C. The van der Waals surface area contributed by atoms with E-state index in [0.717, 1.165) is 30.3 Å². The number of cyclic esters (lactones) is 1. The van der Waals surface area contributed by atoms with Crippen molar-refractivity contribution in [3.05, 3.63) is 52.0 Å². The maximum absolute atomic E-state index is 11.4. The largest absolute Gasteiger partial charge is 0.429 e. The van der Waals surface area contributed by atoms with Gasteiger partial charge in [-0.1, -0.05) is 49.6 Å². The molecule has 1 aliphatic carbocycles. The first kappa shape index (κ1) is 23.6. The van der Waals surface area contributed by atoms with E-state index >= 15 is 0 Å². The van der Waals surface area contributed by atoms with E-state index in [1.54, 1.807) is 0 Å². The van der Waals surface area contributed by atoms with Crippen LogP contribution in [0.5, 0.6) is 0 Å². The van der Waals surface area contributed by atoms with Crippen molar-refractivity contribution in [3.8, 4) is 0 Å². The summed E-state index contributed by atoms with van der Waals surface area (Å²) in [4.78, 5) is 22.3. The number of esters is 1. The van der Waals surface area contributed by atoms with Gasteiger partial charge in [-0.3, -0.25) is 0 Å². The Kier molecular flexibility index (Phi) is 8.38. The van der Waals surface area contributed by atoms with Crippen LogP contribution < -0.4 is 0 Å². The highest BCUT2D eigenvalue weighted by Crippen LogP contribution is 2.40. The van der Waals surface area contributed by atoms with E-state index in [-0.39, 0.29) is 0 Å². The predicted molar refractivity (Wildman–Crippen MR) is 120 cm³/mol. The molecule has 0 bridgehead atoms. The molecule has 0 aromatic rings. The third-order valence-corrected chi connectivity index (χ3v) is 6.87. The fourth-order valence-electron chi connectivity index (χ4n) is 5.21. The van der Waals surface area contributed by atoms with E-state index in [9.17, 15) is 14.8 Å². The van der Waals surface area contributed by atoms with Gasteiger partial charge in [-0.2, -0.15) is 0 Å². The van der Waals surface area contributed by atoms with Gasteiger partial charge in [-0.05, 0) is 74.5 Å². The molecular formula is C25H35NO5. The molecule has 3 aliphatic rings. The Morgan fingerprint density at radius 1 is 1.39 bits per heavy atom. The van der Waals surface area contributed by atoms with Crippen molar-refractivity contribution >= 4 is 5.97 Å². The Hall–Kier alpha value is -2.05. The van der Waals surface area contributed by atoms with Crippen LogP contribution >= 0.6 is 0 Å². The van der Waals surface area contributed by atoms with Gasteiger partial charge in [0.2, 0.25) is 0 Å². The first-order chi connectivity index (χ1) is 14.9. The number of rotatable bonds is 9. The minimum absolute atomic E-state index is 0.376. The zero-order valence-electron chi connectivity index (χ0n) is 18.8. The minimum atomic E-state index is -1.15. The van der Waals surface area contributed by atoms with E-state index in [0.29, 0.717) is 24.3 Å². The lowest BCUT2D eigenvalue weighted by Gasteiger charge is -2.28. The Bertz CT molecular complexity index is 781. The molecule has 6 nitrogen and oxygen atoms in total. The maximum Gasteiger partial charge on any atom is 0.333 e. The Morgan fingerprint density at radius 2 is 2.19 bits per heavy atom. The van der Waals surface area contributed by atoms with Crippen molar-refractivity contribution < 1.29 is 19.4 Å². The lowest BCUT2D eigenvalue weighted by molar-refractivity contribution is -0.139. The van der Waals surface area contributed by atoms with E-state index in [2.05, 4.69) is 44.2 Å². The summed E-state index contributed by atoms with van der Waals surface area (Å²) in [5.74, 6) is 1.58. The van der Waals surface area contributed by atoms with Crippen LogP contribution in [-0.4, -0.2) is 29.7 Å².